The zero-order chi connectivity index (χ0) is 54.2. The maximum absolute atomic E-state index is 10.4. The van der Waals surface area contributed by atoms with Crippen molar-refractivity contribution in [2.75, 3.05) is 0 Å². The number of para-hydroxylation sites is 4. The molecule has 0 saturated carbocycles. The van der Waals surface area contributed by atoms with Crippen molar-refractivity contribution in [1.29, 1.82) is 0 Å². The molecular weight excluding hydrogens is 546 g/mol. The van der Waals surface area contributed by atoms with Gasteiger partial charge in [0.05, 0.1) is 54.8 Å². The van der Waals surface area contributed by atoms with Gasteiger partial charge in [-0.3, -0.25) is 0 Å². The number of ether oxygens (including phenoxy) is 1. The maximum atomic E-state index is 10.4. The summed E-state index contributed by atoms with van der Waals surface area (Å²) in [5.41, 5.74) is -11.4. The lowest BCUT2D eigenvalue weighted by atomic mass is 9.63. The zero-order valence-corrected chi connectivity index (χ0v) is 22.4. The van der Waals surface area contributed by atoms with Crippen LogP contribution in [0.3, 0.4) is 0 Å². The van der Waals surface area contributed by atoms with Crippen molar-refractivity contribution in [3.63, 3.8) is 0 Å². The smallest absolute Gasteiger partial charge is 0.132 e. The Bertz CT molecular complexity index is 3850. The first-order valence-corrected chi connectivity index (χ1v) is 13.2. The van der Waals surface area contributed by atoms with Crippen LogP contribution in [0.2, 0.25) is 0 Å². The van der Waals surface area contributed by atoms with Gasteiger partial charge in [-0.1, -0.05) is 139 Å². The van der Waals surface area contributed by atoms with Crippen LogP contribution in [0.25, 0.3) is 38.6 Å². The van der Waals surface area contributed by atoms with Gasteiger partial charge in [0.25, 0.3) is 0 Å². The van der Waals surface area contributed by atoms with Crippen LogP contribution in [0.15, 0.2) is 175 Å². The lowest BCUT2D eigenvalue weighted by Gasteiger charge is -2.41. The van der Waals surface area contributed by atoms with Crippen molar-refractivity contribution >= 4 is 21.8 Å². The van der Waals surface area contributed by atoms with Crippen LogP contribution >= 0.6 is 0 Å². The minimum atomic E-state index is -3.25. The molecule has 1 atom stereocenters. The van der Waals surface area contributed by atoms with Gasteiger partial charge >= 0.3 is 0 Å². The van der Waals surface area contributed by atoms with Crippen molar-refractivity contribution in [3.8, 4) is 28.3 Å². The summed E-state index contributed by atoms with van der Waals surface area (Å²) in [4.78, 5) is 0. The molecule has 0 saturated heterocycles. The highest BCUT2D eigenvalue weighted by molar-refractivity contribution is 6.13. The second-order valence-electron chi connectivity index (χ2n) is 9.59. The van der Waals surface area contributed by atoms with Gasteiger partial charge in [-0.2, -0.15) is 0 Å². The van der Waals surface area contributed by atoms with Gasteiger partial charge in [0.15, 0.2) is 0 Å². The van der Waals surface area contributed by atoms with Gasteiger partial charge in [0.2, 0.25) is 0 Å². The predicted molar refractivity (Wildman–Crippen MR) is 185 cm³/mol. The van der Waals surface area contributed by atoms with E-state index in [9.17, 15) is 12.3 Å². The molecule has 45 heavy (non-hydrogen) atoms. The number of rotatable bonds is 4. The first-order chi connectivity index (χ1) is 34.0. The van der Waals surface area contributed by atoms with E-state index >= 15 is 0 Å². The fraction of sp³-hybridized carbons (Fsp3) is 0.0233. The summed E-state index contributed by atoms with van der Waals surface area (Å²) >= 11 is 0. The topological polar surface area (TPSA) is 14.2 Å². The van der Waals surface area contributed by atoms with E-state index in [1.807, 2.05) is 0 Å². The van der Waals surface area contributed by atoms with E-state index < -0.39 is 247 Å². The molecular formula is C43H29NO. The molecule has 0 amide bonds. The van der Waals surface area contributed by atoms with Crippen LogP contribution in [0, 0.1) is 0 Å². The molecule has 0 spiro atoms. The van der Waals surface area contributed by atoms with Crippen molar-refractivity contribution in [2.45, 2.75) is 5.41 Å². The highest BCUT2D eigenvalue weighted by Crippen LogP contribution is 2.56. The van der Waals surface area contributed by atoms with E-state index in [1.165, 1.54) is 0 Å². The van der Waals surface area contributed by atoms with E-state index in [1.54, 1.807) is 0 Å². The summed E-state index contributed by atoms with van der Waals surface area (Å²) < 4.78 is 260. The fourth-order valence-corrected chi connectivity index (χ4v) is 5.63. The molecule has 2 nitrogen and oxygen atoms in total. The van der Waals surface area contributed by atoms with E-state index in [2.05, 4.69) is 0 Å². The Balaban J connectivity index is 1.68. The first-order valence-electron chi connectivity index (χ1n) is 27.2. The van der Waals surface area contributed by atoms with Gasteiger partial charge in [0.1, 0.15) is 11.5 Å². The van der Waals surface area contributed by atoms with E-state index in [0.717, 1.165) is 0 Å². The molecule has 2 heteroatoms. The number of aromatic nitrogens is 1. The monoisotopic (exact) mass is 603 g/mol. The van der Waals surface area contributed by atoms with Crippen LogP contribution < -0.4 is 4.74 Å². The normalized spacial score (nSPS) is 24.1. The first kappa shape index (κ1) is 10.1. The summed E-state index contributed by atoms with van der Waals surface area (Å²) in [7, 11) is 0. The third-order valence-electron chi connectivity index (χ3n) is 7.39. The van der Waals surface area contributed by atoms with Crippen LogP contribution in [0.1, 0.15) is 60.6 Å². The molecule has 7 aromatic carbocycles. The van der Waals surface area contributed by atoms with Crippen LogP contribution in [-0.2, 0) is 5.41 Å². The molecule has 0 fully saturated rings. The van der Waals surface area contributed by atoms with Crippen LogP contribution in [0.5, 0.6) is 11.5 Å². The predicted octanol–water partition coefficient (Wildman–Crippen LogP) is 10.9. The van der Waals surface area contributed by atoms with Gasteiger partial charge < -0.3 is 9.30 Å². The Kier molecular flexibility index (Phi) is 2.27. The summed E-state index contributed by atoms with van der Waals surface area (Å²) in [6.45, 7) is 0. The minimum Gasteiger partial charge on any atom is -0.457 e. The molecule has 1 aliphatic heterocycles. The molecule has 1 aliphatic rings. The number of benzene rings is 7. The summed E-state index contributed by atoms with van der Waals surface area (Å²) in [6.07, 6.45) is 0. The van der Waals surface area contributed by atoms with Gasteiger partial charge in [-0.15, -0.1) is 0 Å². The quantitative estimate of drug-likeness (QED) is 0.195. The largest absolute Gasteiger partial charge is 0.457 e. The number of hydrogen-bond acceptors (Lipinski definition) is 1. The van der Waals surface area contributed by atoms with Gasteiger partial charge in [-0.25, -0.2) is 0 Å². The summed E-state index contributed by atoms with van der Waals surface area (Å²) in [5.74, 6) is -1.97. The number of fused-ring (bicyclic) bond motifs is 5. The Morgan fingerprint density at radius 3 is 2.04 bits per heavy atom. The summed E-state index contributed by atoms with van der Waals surface area (Å²) in [5, 5.41) is -1.28. The molecule has 0 aliphatic carbocycles. The molecule has 0 N–H and O–H groups in total. The number of hydrogen-bond donors (Lipinski definition) is 0. The Morgan fingerprint density at radius 1 is 0.511 bits per heavy atom. The van der Waals surface area contributed by atoms with Crippen molar-refractivity contribution in [3.05, 3.63) is 198 Å². The van der Waals surface area contributed by atoms with Crippen molar-refractivity contribution < 1.29 is 43.1 Å². The van der Waals surface area contributed by atoms with E-state index in [-0.39, 0.29) is 0 Å². The third kappa shape index (κ3) is 3.76. The van der Waals surface area contributed by atoms with Crippen LogP contribution in [0.4, 0.5) is 0 Å². The number of nitrogens with zero attached hydrogens (tertiary/aromatic N) is 1. The lowest BCUT2D eigenvalue weighted by molar-refractivity contribution is 0.434. The maximum Gasteiger partial charge on any atom is 0.132 e. The molecule has 0 bridgehead atoms. The fourth-order valence-electron chi connectivity index (χ4n) is 5.63. The second-order valence-corrected chi connectivity index (χ2v) is 9.59. The zero-order valence-electron chi connectivity index (χ0n) is 50.4. The SMILES string of the molecule is [2H]c1cc(C2(c3c([2H])c([2H])c([2H])c([2H])c3[2H])c3c([2H])c([2H])c([2H])c([2H])c3Oc3c([2H])c([2H])c(-c4c([2H])c([2H])c([2H])c5c6c([2H])c([2H])c([2H])c([2H])c6n(-c6c([2H])c([2H])c([2H])c([2H])c6[2H])c45)c([2H])c32)c([2H])c([2H])c1[2H]. The standard InChI is InChI=1S/C43H29NO/c1-4-15-31(16-5-1)43(32-17-6-2-7-18-32)37-24-11-13-26-40(37)45-41-28-27-30(29-38(41)43)34-22-14-23-36-35-21-10-12-25-39(35)44(42(34)36)33-19-8-3-9-20-33/h1-29H/i1D,2D,3D,4D,5D,6D,7D,8D,9D,10D,11D,12D,13D,14D,15D,16D,17D,19D,20D,21D,22D,23D,24D,25D,26D,27D,28D,29D. The molecule has 1 unspecified atom stereocenters. The molecule has 1 aromatic heterocycles. The second kappa shape index (κ2) is 10.1. The Hall–Kier alpha value is -5.86. The van der Waals surface area contributed by atoms with Gasteiger partial charge in [-0.05, 0) is 52.9 Å². The lowest BCUT2D eigenvalue weighted by Crippen LogP contribution is -2.34. The van der Waals surface area contributed by atoms with Crippen molar-refractivity contribution in [1.82, 2.24) is 4.57 Å². The molecule has 2 heterocycles. The Morgan fingerprint density at radius 2 is 1.18 bits per heavy atom. The molecule has 8 aromatic rings. The highest BCUT2D eigenvalue weighted by atomic mass is 16.5. The third-order valence-corrected chi connectivity index (χ3v) is 7.39. The van der Waals surface area contributed by atoms with E-state index in [4.69, 9.17) is 30.8 Å². The van der Waals surface area contributed by atoms with Gasteiger partial charge in [0, 0.05) is 33.2 Å². The minimum absolute atomic E-state index is 0.614. The molecule has 0 radical (unpaired) electrons. The average molecular weight is 604 g/mol. The molecule has 212 valence electrons. The van der Waals surface area contributed by atoms with Crippen molar-refractivity contribution in [2.24, 2.45) is 0 Å². The molecule has 9 rings (SSSR count). The average Bonchev–Trinajstić information content (AvgIpc) is 3.71. The summed E-state index contributed by atoms with van der Waals surface area (Å²) in [6, 6.07) is -28.3. The van der Waals surface area contributed by atoms with E-state index in [0.29, 0.717) is 10.6 Å². The Labute approximate surface area is 301 Å². The van der Waals surface area contributed by atoms with Crippen LogP contribution in [-0.4, -0.2) is 4.57 Å². The highest BCUT2D eigenvalue weighted by Gasteiger charge is 2.45.